The number of nitrogens with zero attached hydrogens (tertiary/aromatic N) is 2. The fraction of sp³-hybridized carbons (Fsp3) is 0.588. The molecule has 0 aromatic heterocycles. The largest absolute Gasteiger partial charge is 0.372 e. The Balaban J connectivity index is 2.32. The van der Waals surface area contributed by atoms with Crippen LogP contribution in [0, 0.1) is 5.92 Å². The number of benzene rings is 1. The lowest BCUT2D eigenvalue weighted by atomic mass is 9.93. The van der Waals surface area contributed by atoms with Crippen molar-refractivity contribution in [3.8, 4) is 0 Å². The summed E-state index contributed by atoms with van der Waals surface area (Å²) in [4.78, 5) is 4.44. The number of amidine groups is 1. The minimum atomic E-state index is -3.26. The van der Waals surface area contributed by atoms with E-state index in [1.807, 2.05) is 12.1 Å². The molecule has 0 spiro atoms. The molecule has 2 rings (SSSR count). The highest BCUT2D eigenvalue weighted by Gasteiger charge is 2.19. The molecule has 0 bridgehead atoms. The van der Waals surface area contributed by atoms with Crippen molar-refractivity contribution < 1.29 is 8.42 Å². The van der Waals surface area contributed by atoms with Gasteiger partial charge in [-0.2, -0.15) is 0 Å². The molecule has 128 valence electrons. The SMILES string of the molecule is CC(C)Cc1c(CCC2=NCCN2)cccc1N(C)S(C)(=O)=O. The minimum absolute atomic E-state index is 0.463. The number of rotatable bonds is 7. The Morgan fingerprint density at radius 2 is 2.04 bits per heavy atom. The summed E-state index contributed by atoms with van der Waals surface area (Å²) in [7, 11) is -1.64. The van der Waals surface area contributed by atoms with E-state index >= 15 is 0 Å². The first-order chi connectivity index (χ1) is 10.8. The minimum Gasteiger partial charge on any atom is -0.372 e. The third kappa shape index (κ3) is 4.70. The molecule has 0 saturated heterocycles. The number of aryl methyl sites for hydroxylation is 1. The normalized spacial score (nSPS) is 14.7. The standard InChI is InChI=1S/C17H27N3O2S/c1-13(2)12-15-14(8-9-17-18-10-11-19-17)6-5-7-16(15)20(3)23(4,21)22/h5-7,13H,8-12H2,1-4H3,(H,18,19). The zero-order chi connectivity index (χ0) is 17.0. The summed E-state index contributed by atoms with van der Waals surface area (Å²) in [6, 6.07) is 5.94. The van der Waals surface area contributed by atoms with Crippen LogP contribution in [-0.4, -0.2) is 40.6 Å². The lowest BCUT2D eigenvalue weighted by Crippen LogP contribution is -2.26. The number of anilines is 1. The maximum absolute atomic E-state index is 11.9. The van der Waals surface area contributed by atoms with Gasteiger partial charge in [-0.1, -0.05) is 26.0 Å². The number of nitrogens with one attached hydrogen (secondary N) is 1. The molecule has 1 N–H and O–H groups in total. The molecule has 1 aromatic rings. The summed E-state index contributed by atoms with van der Waals surface area (Å²) in [5.74, 6) is 1.52. The Kier molecular flexibility index (Phi) is 5.68. The molecule has 0 saturated carbocycles. The highest BCUT2D eigenvalue weighted by Crippen LogP contribution is 2.28. The van der Waals surface area contributed by atoms with E-state index in [1.165, 1.54) is 16.1 Å². The van der Waals surface area contributed by atoms with E-state index in [-0.39, 0.29) is 0 Å². The molecular weight excluding hydrogens is 310 g/mol. The fourth-order valence-electron chi connectivity index (χ4n) is 2.84. The molecule has 0 atom stereocenters. The predicted octanol–water partition coefficient (Wildman–Crippen LogP) is 2.22. The lowest BCUT2D eigenvalue weighted by Gasteiger charge is -2.23. The third-order valence-electron chi connectivity index (χ3n) is 4.07. The molecule has 1 aliphatic heterocycles. The second-order valence-corrected chi connectivity index (χ2v) is 8.51. The van der Waals surface area contributed by atoms with Gasteiger partial charge < -0.3 is 5.32 Å². The Morgan fingerprint density at radius 1 is 1.30 bits per heavy atom. The van der Waals surface area contributed by atoms with E-state index in [2.05, 4.69) is 30.2 Å². The third-order valence-corrected chi connectivity index (χ3v) is 5.26. The van der Waals surface area contributed by atoms with E-state index in [1.54, 1.807) is 7.05 Å². The van der Waals surface area contributed by atoms with Crippen LogP contribution >= 0.6 is 0 Å². The van der Waals surface area contributed by atoms with Crippen molar-refractivity contribution in [3.05, 3.63) is 29.3 Å². The van der Waals surface area contributed by atoms with E-state index < -0.39 is 10.0 Å². The molecule has 0 aliphatic carbocycles. The van der Waals surface area contributed by atoms with Crippen LogP contribution < -0.4 is 9.62 Å². The van der Waals surface area contributed by atoms with Crippen molar-refractivity contribution in [1.29, 1.82) is 0 Å². The van der Waals surface area contributed by atoms with E-state index in [0.717, 1.165) is 49.4 Å². The first-order valence-electron chi connectivity index (χ1n) is 8.11. The second-order valence-electron chi connectivity index (χ2n) is 6.50. The average molecular weight is 337 g/mol. The van der Waals surface area contributed by atoms with Gasteiger partial charge in [-0.3, -0.25) is 9.30 Å². The van der Waals surface area contributed by atoms with Gasteiger partial charge in [0.15, 0.2) is 0 Å². The van der Waals surface area contributed by atoms with Crippen LogP contribution in [0.1, 0.15) is 31.4 Å². The first kappa shape index (κ1) is 17.8. The van der Waals surface area contributed by atoms with Crippen molar-refractivity contribution in [3.63, 3.8) is 0 Å². The maximum Gasteiger partial charge on any atom is 0.232 e. The monoisotopic (exact) mass is 337 g/mol. The van der Waals surface area contributed by atoms with Gasteiger partial charge in [-0.25, -0.2) is 8.42 Å². The molecule has 0 radical (unpaired) electrons. The zero-order valence-corrected chi connectivity index (χ0v) is 15.3. The Morgan fingerprint density at radius 3 is 2.61 bits per heavy atom. The molecule has 0 unspecified atom stereocenters. The van der Waals surface area contributed by atoms with Crippen molar-refractivity contribution in [2.45, 2.75) is 33.1 Å². The second kappa shape index (κ2) is 7.34. The summed E-state index contributed by atoms with van der Waals surface area (Å²) in [6.07, 6.45) is 3.86. The van der Waals surface area contributed by atoms with E-state index in [0.29, 0.717) is 5.92 Å². The molecule has 23 heavy (non-hydrogen) atoms. The van der Waals surface area contributed by atoms with Gasteiger partial charge in [0.1, 0.15) is 0 Å². The Hall–Kier alpha value is -1.56. The first-order valence-corrected chi connectivity index (χ1v) is 9.95. The fourth-order valence-corrected chi connectivity index (χ4v) is 3.37. The smallest absolute Gasteiger partial charge is 0.232 e. The summed E-state index contributed by atoms with van der Waals surface area (Å²) in [5, 5.41) is 3.29. The highest BCUT2D eigenvalue weighted by molar-refractivity contribution is 7.92. The van der Waals surface area contributed by atoms with Gasteiger partial charge in [0.25, 0.3) is 0 Å². The van der Waals surface area contributed by atoms with Crippen LogP contribution in [0.4, 0.5) is 5.69 Å². The topological polar surface area (TPSA) is 61.8 Å². The van der Waals surface area contributed by atoms with Crippen molar-refractivity contribution in [1.82, 2.24) is 5.32 Å². The van der Waals surface area contributed by atoms with Crippen LogP contribution in [0.25, 0.3) is 0 Å². The van der Waals surface area contributed by atoms with Crippen LogP contribution in [0.3, 0.4) is 0 Å². The molecule has 1 heterocycles. The van der Waals surface area contributed by atoms with Crippen molar-refractivity contribution in [2.24, 2.45) is 10.9 Å². The van der Waals surface area contributed by atoms with Gasteiger partial charge in [0.2, 0.25) is 10.0 Å². The summed E-state index contributed by atoms with van der Waals surface area (Å²) in [5.41, 5.74) is 3.14. The van der Waals surface area contributed by atoms with Crippen LogP contribution in [-0.2, 0) is 22.9 Å². The lowest BCUT2D eigenvalue weighted by molar-refractivity contribution is 0.599. The van der Waals surface area contributed by atoms with Gasteiger partial charge in [-0.15, -0.1) is 0 Å². The maximum atomic E-state index is 11.9. The molecule has 6 heteroatoms. The molecule has 5 nitrogen and oxygen atoms in total. The van der Waals surface area contributed by atoms with Crippen LogP contribution in [0.5, 0.6) is 0 Å². The summed E-state index contributed by atoms with van der Waals surface area (Å²) < 4.78 is 25.3. The molecular formula is C17H27N3O2S. The molecule has 1 aromatic carbocycles. The van der Waals surface area contributed by atoms with Crippen LogP contribution in [0.15, 0.2) is 23.2 Å². The highest BCUT2D eigenvalue weighted by atomic mass is 32.2. The van der Waals surface area contributed by atoms with E-state index in [4.69, 9.17) is 0 Å². The van der Waals surface area contributed by atoms with Crippen molar-refractivity contribution >= 4 is 21.5 Å². The number of aliphatic imine (C=N–C) groups is 1. The van der Waals surface area contributed by atoms with Crippen molar-refractivity contribution in [2.75, 3.05) is 30.7 Å². The quantitative estimate of drug-likeness (QED) is 0.830. The number of hydrogen-bond acceptors (Lipinski definition) is 4. The predicted molar refractivity (Wildman–Crippen MR) is 96.9 cm³/mol. The average Bonchev–Trinajstić information content (AvgIpc) is 2.97. The zero-order valence-electron chi connectivity index (χ0n) is 14.5. The van der Waals surface area contributed by atoms with Gasteiger partial charge in [0, 0.05) is 20.0 Å². The Labute approximate surface area is 139 Å². The van der Waals surface area contributed by atoms with Gasteiger partial charge in [0.05, 0.1) is 24.3 Å². The van der Waals surface area contributed by atoms with E-state index in [9.17, 15) is 8.42 Å². The Bertz CT molecular complexity index is 681. The van der Waals surface area contributed by atoms with Gasteiger partial charge in [-0.05, 0) is 36.0 Å². The summed E-state index contributed by atoms with van der Waals surface area (Å²) >= 11 is 0. The van der Waals surface area contributed by atoms with Crippen LogP contribution in [0.2, 0.25) is 0 Å². The number of sulfonamides is 1. The molecule has 0 amide bonds. The molecule has 0 fully saturated rings. The molecule has 1 aliphatic rings. The van der Waals surface area contributed by atoms with Gasteiger partial charge >= 0.3 is 0 Å². The number of hydrogen-bond donors (Lipinski definition) is 1. The summed E-state index contributed by atoms with van der Waals surface area (Å²) in [6.45, 7) is 6.09.